The molecule has 0 aliphatic carbocycles. The number of carbonyl (C=O) groups is 1. The molecule has 5 rings (SSSR count). The van der Waals surface area contributed by atoms with Gasteiger partial charge in [0.25, 0.3) is 0 Å². The highest BCUT2D eigenvalue weighted by Crippen LogP contribution is 2.35. The van der Waals surface area contributed by atoms with Crippen molar-refractivity contribution in [1.29, 1.82) is 0 Å². The van der Waals surface area contributed by atoms with Crippen LogP contribution in [0.15, 0.2) is 70.5 Å². The summed E-state index contributed by atoms with van der Waals surface area (Å²) in [5.41, 5.74) is 4.76. The summed E-state index contributed by atoms with van der Waals surface area (Å²) in [5.74, 6) is 0.334. The lowest BCUT2D eigenvalue weighted by Gasteiger charge is -2.18. The minimum atomic E-state index is -0.570. The van der Waals surface area contributed by atoms with Gasteiger partial charge < -0.3 is 20.1 Å². The van der Waals surface area contributed by atoms with Crippen molar-refractivity contribution in [3.8, 4) is 5.75 Å². The quantitative estimate of drug-likeness (QED) is 0.171. The lowest BCUT2D eigenvalue weighted by molar-refractivity contribution is 0.142. The number of fused-ring (bicyclic) bond motifs is 1. The molecule has 9 nitrogen and oxygen atoms in total. The van der Waals surface area contributed by atoms with Gasteiger partial charge in [0.2, 0.25) is 0 Å². The van der Waals surface area contributed by atoms with Gasteiger partial charge in [-0.15, -0.1) is 0 Å². The second-order valence-electron chi connectivity index (χ2n) is 8.32. The molecule has 3 N–H and O–H groups in total. The zero-order chi connectivity index (χ0) is 26.5. The zero-order valence-corrected chi connectivity index (χ0v) is 22.1. The fourth-order valence-corrected chi connectivity index (χ4v) is 4.37. The van der Waals surface area contributed by atoms with Crippen LogP contribution in [0.5, 0.6) is 5.75 Å². The van der Waals surface area contributed by atoms with Crippen LogP contribution in [0.2, 0.25) is 5.02 Å². The average Bonchev–Trinajstić information content (AvgIpc) is 3.40. The smallest absolute Gasteiger partial charge is 0.339 e. The molecule has 0 saturated carbocycles. The zero-order valence-electron chi connectivity index (χ0n) is 19.7. The van der Waals surface area contributed by atoms with Crippen molar-refractivity contribution >= 4 is 67.9 Å². The van der Waals surface area contributed by atoms with Crippen molar-refractivity contribution in [3.63, 3.8) is 0 Å². The van der Waals surface area contributed by atoms with Crippen molar-refractivity contribution < 1.29 is 18.7 Å². The van der Waals surface area contributed by atoms with E-state index in [-0.39, 0.29) is 11.1 Å². The number of ether oxygens (including phenoxy) is 2. The number of rotatable bonds is 7. The summed E-state index contributed by atoms with van der Waals surface area (Å²) in [6.45, 7) is 1.05. The van der Waals surface area contributed by atoms with E-state index in [1.54, 1.807) is 18.2 Å². The maximum Gasteiger partial charge on any atom is 0.339 e. The number of carbonyl (C=O) groups excluding carboxylic acids is 1. The van der Waals surface area contributed by atoms with Crippen LogP contribution in [0.4, 0.5) is 26.4 Å². The lowest BCUT2D eigenvalue weighted by Crippen LogP contribution is -2.25. The van der Waals surface area contributed by atoms with Gasteiger partial charge in [-0.1, -0.05) is 39.7 Å². The largest absolute Gasteiger partial charge is 0.486 e. The molecule has 1 atom stereocenters. The first-order valence-electron chi connectivity index (χ1n) is 11.6. The van der Waals surface area contributed by atoms with E-state index in [9.17, 15) is 9.18 Å². The Morgan fingerprint density at radius 2 is 2.11 bits per heavy atom. The molecule has 1 saturated heterocycles. The first-order chi connectivity index (χ1) is 18.4. The Labute approximate surface area is 230 Å². The Bertz CT molecular complexity index is 1520. The molecule has 0 spiro atoms. The van der Waals surface area contributed by atoms with Crippen LogP contribution in [0.1, 0.15) is 12.0 Å². The van der Waals surface area contributed by atoms with Crippen molar-refractivity contribution in [2.45, 2.75) is 12.5 Å². The van der Waals surface area contributed by atoms with E-state index < -0.39 is 11.8 Å². The second-order valence-corrected chi connectivity index (χ2v) is 9.65. The second kappa shape index (κ2) is 11.7. The normalized spacial score (nSPS) is 15.1. The Morgan fingerprint density at radius 1 is 1.21 bits per heavy atom. The van der Waals surface area contributed by atoms with Crippen LogP contribution in [0.3, 0.4) is 0 Å². The number of urea groups is 1. The van der Waals surface area contributed by atoms with Gasteiger partial charge in [-0.05, 0) is 42.0 Å². The third kappa shape index (κ3) is 6.36. The maximum absolute atomic E-state index is 13.6. The Hall–Kier alpha value is -3.80. The third-order valence-corrected chi connectivity index (χ3v) is 6.36. The highest BCUT2D eigenvalue weighted by atomic mass is 79.9. The highest BCUT2D eigenvalue weighted by molar-refractivity contribution is 9.10. The standard InChI is InChI=1S/C26H21BrClFN6O3/c27-16-3-1-2-15(8-16)12-32-35-26(36)34-23-10-19-22(11-24(23)38-18-6-7-37-13-18)30-14-31-25(19)33-17-4-5-21(29)20(28)9-17/h1-5,8-12,14,18H,6-7,13H2,(H,30,31,33)(H2,34,35,36)/b32-12+. The van der Waals surface area contributed by atoms with E-state index in [0.717, 1.165) is 16.5 Å². The number of hydrazone groups is 1. The third-order valence-electron chi connectivity index (χ3n) is 5.58. The number of nitrogens with one attached hydrogen (secondary N) is 3. The monoisotopic (exact) mass is 598 g/mol. The molecule has 38 heavy (non-hydrogen) atoms. The molecule has 1 aliphatic rings. The summed E-state index contributed by atoms with van der Waals surface area (Å²) in [6.07, 6.45) is 3.49. The van der Waals surface area contributed by atoms with Crippen LogP contribution in [-0.4, -0.2) is 41.5 Å². The number of nitrogens with zero attached hydrogens (tertiary/aromatic N) is 3. The van der Waals surface area contributed by atoms with E-state index in [4.69, 9.17) is 21.1 Å². The molecule has 2 heterocycles. The van der Waals surface area contributed by atoms with Gasteiger partial charge in [0.05, 0.1) is 35.7 Å². The fourth-order valence-electron chi connectivity index (χ4n) is 3.78. The number of hydrogen-bond donors (Lipinski definition) is 3. The summed E-state index contributed by atoms with van der Waals surface area (Å²) in [4.78, 5) is 21.4. The van der Waals surface area contributed by atoms with Crippen LogP contribution in [-0.2, 0) is 4.74 Å². The number of benzene rings is 3. The van der Waals surface area contributed by atoms with Crippen LogP contribution >= 0.6 is 27.5 Å². The molecule has 1 aliphatic heterocycles. The van der Waals surface area contributed by atoms with Crippen LogP contribution < -0.4 is 20.8 Å². The molecule has 4 aromatic rings. The summed E-state index contributed by atoms with van der Waals surface area (Å²) in [7, 11) is 0. The predicted molar refractivity (Wildman–Crippen MR) is 148 cm³/mol. The minimum absolute atomic E-state index is 0.0229. The molecule has 2 amide bonds. The van der Waals surface area contributed by atoms with E-state index in [1.165, 1.54) is 24.7 Å². The molecular weight excluding hydrogens is 579 g/mol. The van der Waals surface area contributed by atoms with Crippen molar-refractivity contribution in [2.24, 2.45) is 5.10 Å². The number of anilines is 3. The maximum atomic E-state index is 13.6. The highest BCUT2D eigenvalue weighted by Gasteiger charge is 2.21. The lowest BCUT2D eigenvalue weighted by atomic mass is 10.1. The van der Waals surface area contributed by atoms with Gasteiger partial charge in [0.15, 0.2) is 0 Å². The van der Waals surface area contributed by atoms with E-state index >= 15 is 0 Å². The van der Waals surface area contributed by atoms with Gasteiger partial charge in [-0.3, -0.25) is 0 Å². The van der Waals surface area contributed by atoms with Crippen LogP contribution in [0.25, 0.3) is 10.9 Å². The molecule has 0 bridgehead atoms. The Kier molecular flexibility index (Phi) is 7.97. The number of halogens is 3. The van der Waals surface area contributed by atoms with Gasteiger partial charge in [0.1, 0.15) is 29.8 Å². The average molecular weight is 600 g/mol. The fraction of sp³-hybridized carbons (Fsp3) is 0.154. The van der Waals surface area contributed by atoms with E-state index in [1.807, 2.05) is 24.3 Å². The summed E-state index contributed by atoms with van der Waals surface area (Å²) in [5, 5.41) is 10.5. The van der Waals surface area contributed by atoms with Crippen molar-refractivity contribution in [3.05, 3.63) is 81.8 Å². The topological polar surface area (TPSA) is 110 Å². The SMILES string of the molecule is O=C(N/N=C/c1cccc(Br)c1)Nc1cc2c(Nc3ccc(F)c(Cl)c3)ncnc2cc1OC1CCOC1. The molecule has 1 fully saturated rings. The number of aromatic nitrogens is 2. The first-order valence-corrected chi connectivity index (χ1v) is 12.7. The molecule has 0 radical (unpaired) electrons. The van der Waals surface area contributed by atoms with Crippen LogP contribution in [0, 0.1) is 5.82 Å². The van der Waals surface area contributed by atoms with Gasteiger partial charge in [0, 0.05) is 28.0 Å². The summed E-state index contributed by atoms with van der Waals surface area (Å²) in [6, 6.07) is 14.6. The Balaban J connectivity index is 1.42. The molecule has 12 heteroatoms. The number of amides is 2. The van der Waals surface area contributed by atoms with Crippen molar-refractivity contribution in [1.82, 2.24) is 15.4 Å². The summed E-state index contributed by atoms with van der Waals surface area (Å²) < 4.78 is 26.1. The minimum Gasteiger partial charge on any atom is -0.486 e. The van der Waals surface area contributed by atoms with E-state index in [2.05, 4.69) is 47.1 Å². The molecule has 1 aromatic heterocycles. The first kappa shape index (κ1) is 25.8. The molecular formula is C26H21BrClFN6O3. The van der Waals surface area contributed by atoms with Gasteiger partial charge in [-0.2, -0.15) is 5.10 Å². The van der Waals surface area contributed by atoms with E-state index in [0.29, 0.717) is 47.1 Å². The molecule has 194 valence electrons. The van der Waals surface area contributed by atoms with Gasteiger partial charge >= 0.3 is 6.03 Å². The Morgan fingerprint density at radius 3 is 2.89 bits per heavy atom. The van der Waals surface area contributed by atoms with Gasteiger partial charge in [-0.25, -0.2) is 24.6 Å². The molecule has 1 unspecified atom stereocenters. The van der Waals surface area contributed by atoms with Crippen molar-refractivity contribution in [2.75, 3.05) is 23.8 Å². The molecule has 3 aromatic carbocycles. The summed E-state index contributed by atoms with van der Waals surface area (Å²) >= 11 is 9.33. The predicted octanol–water partition coefficient (Wildman–Crippen LogP) is 6.25. The number of hydrogen-bond acceptors (Lipinski definition) is 7.